The highest BCUT2D eigenvalue weighted by molar-refractivity contribution is 5.89. The lowest BCUT2D eigenvalue weighted by atomic mass is 9.96. The number of ether oxygens (including phenoxy) is 1. The van der Waals surface area contributed by atoms with Crippen molar-refractivity contribution in [3.8, 4) is 5.75 Å². The molecular formula is C25H26N2O4. The molecule has 160 valence electrons. The minimum absolute atomic E-state index is 0.0303. The van der Waals surface area contributed by atoms with E-state index in [0.717, 1.165) is 72.7 Å². The lowest BCUT2D eigenvalue weighted by Gasteiger charge is -2.35. The van der Waals surface area contributed by atoms with Crippen molar-refractivity contribution in [2.45, 2.75) is 51.5 Å². The minimum atomic E-state index is -0.250. The van der Waals surface area contributed by atoms with Crippen LogP contribution in [0.3, 0.4) is 0 Å². The second-order valence-electron chi connectivity index (χ2n) is 8.51. The summed E-state index contributed by atoms with van der Waals surface area (Å²) in [5.41, 5.74) is 4.05. The second kappa shape index (κ2) is 8.17. The van der Waals surface area contributed by atoms with Gasteiger partial charge in [-0.15, -0.1) is 0 Å². The molecule has 0 unspecified atom stereocenters. The number of rotatable bonds is 4. The van der Waals surface area contributed by atoms with Crippen LogP contribution in [-0.2, 0) is 17.6 Å². The molecule has 3 heterocycles. The number of likely N-dealkylation sites (tertiary alicyclic amines) is 1. The van der Waals surface area contributed by atoms with E-state index < -0.39 is 0 Å². The third-order valence-corrected chi connectivity index (χ3v) is 6.42. The number of carbonyl (C=O) groups excluding carboxylic acids is 1. The van der Waals surface area contributed by atoms with Crippen molar-refractivity contribution in [2.75, 3.05) is 13.2 Å². The lowest BCUT2D eigenvalue weighted by Crippen LogP contribution is -2.41. The van der Waals surface area contributed by atoms with Gasteiger partial charge in [0.1, 0.15) is 11.3 Å². The Morgan fingerprint density at radius 2 is 2.10 bits per heavy atom. The van der Waals surface area contributed by atoms with Gasteiger partial charge in [0.05, 0.1) is 11.4 Å². The molecule has 3 aromatic rings. The van der Waals surface area contributed by atoms with Gasteiger partial charge in [0.2, 0.25) is 0 Å². The van der Waals surface area contributed by atoms with E-state index in [1.807, 2.05) is 42.3 Å². The third kappa shape index (κ3) is 3.71. The summed E-state index contributed by atoms with van der Waals surface area (Å²) in [6.45, 7) is 2.62. The first-order valence-corrected chi connectivity index (χ1v) is 11.0. The maximum Gasteiger partial charge on any atom is 0.339 e. The van der Waals surface area contributed by atoms with Gasteiger partial charge in [-0.05, 0) is 80.3 Å². The summed E-state index contributed by atoms with van der Waals surface area (Å²) < 4.78 is 11.7. The Labute approximate surface area is 180 Å². The highest BCUT2D eigenvalue weighted by atomic mass is 16.5. The summed E-state index contributed by atoms with van der Waals surface area (Å²) >= 11 is 0. The van der Waals surface area contributed by atoms with Gasteiger partial charge in [-0.3, -0.25) is 9.78 Å². The van der Waals surface area contributed by atoms with Crippen molar-refractivity contribution < 1.29 is 13.9 Å². The zero-order valence-electron chi connectivity index (χ0n) is 17.7. The van der Waals surface area contributed by atoms with E-state index in [0.29, 0.717) is 11.3 Å². The fourth-order valence-corrected chi connectivity index (χ4v) is 4.99. The molecule has 1 aliphatic carbocycles. The third-order valence-electron chi connectivity index (χ3n) is 6.42. The van der Waals surface area contributed by atoms with Gasteiger partial charge in [0, 0.05) is 24.5 Å². The van der Waals surface area contributed by atoms with Crippen LogP contribution in [0.25, 0.3) is 11.0 Å². The molecule has 0 saturated carbocycles. The molecule has 5 rings (SSSR count). The van der Waals surface area contributed by atoms with Crippen molar-refractivity contribution in [2.24, 2.45) is 0 Å². The smallest absolute Gasteiger partial charge is 0.339 e. The zero-order valence-corrected chi connectivity index (χ0v) is 17.7. The summed E-state index contributed by atoms with van der Waals surface area (Å²) in [4.78, 5) is 31.6. The van der Waals surface area contributed by atoms with Crippen LogP contribution in [0.15, 0.2) is 45.9 Å². The Balaban J connectivity index is 1.42. The van der Waals surface area contributed by atoms with Crippen LogP contribution < -0.4 is 10.4 Å². The normalized spacial score (nSPS) is 18.2. The maximum atomic E-state index is 13.2. The standard InChI is InChI=1S/C25H26N2O4/c1-16-12-21(24-18-7-4-8-19(18)25(29)31-22(24)13-16)30-15-23(28)27-11-3-2-9-20(27)17-6-5-10-26-14-17/h5-6,10,12-14,20H,2-4,7-9,11,15H2,1H3/t20-/m1/s1. The topological polar surface area (TPSA) is 72.6 Å². The van der Waals surface area contributed by atoms with Gasteiger partial charge in [-0.25, -0.2) is 4.79 Å². The van der Waals surface area contributed by atoms with Crippen molar-refractivity contribution >= 4 is 16.9 Å². The molecule has 0 radical (unpaired) electrons. The molecule has 1 fully saturated rings. The van der Waals surface area contributed by atoms with E-state index in [1.54, 1.807) is 6.20 Å². The van der Waals surface area contributed by atoms with Crippen LogP contribution in [0.4, 0.5) is 0 Å². The summed E-state index contributed by atoms with van der Waals surface area (Å²) in [6.07, 6.45) is 9.13. The zero-order chi connectivity index (χ0) is 21.4. The molecule has 1 amide bonds. The van der Waals surface area contributed by atoms with Crippen LogP contribution >= 0.6 is 0 Å². The average molecular weight is 418 g/mol. The van der Waals surface area contributed by atoms with Gasteiger partial charge >= 0.3 is 5.63 Å². The van der Waals surface area contributed by atoms with E-state index in [-0.39, 0.29) is 24.2 Å². The number of pyridine rings is 1. The van der Waals surface area contributed by atoms with Gasteiger partial charge in [-0.2, -0.15) is 0 Å². The highest BCUT2D eigenvalue weighted by Crippen LogP contribution is 2.35. The van der Waals surface area contributed by atoms with E-state index in [9.17, 15) is 9.59 Å². The number of fused-ring (bicyclic) bond motifs is 3. The first-order chi connectivity index (χ1) is 15.1. The molecule has 1 atom stereocenters. The van der Waals surface area contributed by atoms with Gasteiger partial charge in [-0.1, -0.05) is 6.07 Å². The number of aryl methyl sites for hydroxylation is 2. The van der Waals surface area contributed by atoms with Crippen LogP contribution in [0, 0.1) is 6.92 Å². The van der Waals surface area contributed by atoms with E-state index in [1.165, 1.54) is 0 Å². The molecule has 6 heteroatoms. The number of piperidine rings is 1. The molecule has 2 aliphatic rings. The largest absolute Gasteiger partial charge is 0.483 e. The molecule has 1 aromatic carbocycles. The van der Waals surface area contributed by atoms with Gasteiger partial charge in [0.25, 0.3) is 5.91 Å². The number of amides is 1. The summed E-state index contributed by atoms with van der Waals surface area (Å²) in [5.74, 6) is 0.595. The average Bonchev–Trinajstić information content (AvgIpc) is 3.28. The van der Waals surface area contributed by atoms with Crippen molar-refractivity contribution in [3.63, 3.8) is 0 Å². The summed E-state index contributed by atoms with van der Waals surface area (Å²) in [7, 11) is 0. The van der Waals surface area contributed by atoms with E-state index in [4.69, 9.17) is 9.15 Å². The number of carbonyl (C=O) groups is 1. The summed E-state index contributed by atoms with van der Waals surface area (Å²) in [6, 6.07) is 7.78. The molecule has 0 bridgehead atoms. The predicted octanol–water partition coefficient (Wildman–Crippen LogP) is 4.12. The SMILES string of the molecule is Cc1cc(OCC(=O)N2CCCC[C@@H]2c2cccnc2)c2c3c(c(=O)oc2c1)CCC3. The number of benzene rings is 1. The van der Waals surface area contributed by atoms with Crippen molar-refractivity contribution in [1.82, 2.24) is 9.88 Å². The predicted molar refractivity (Wildman–Crippen MR) is 117 cm³/mol. The summed E-state index contributed by atoms with van der Waals surface area (Å²) in [5, 5.41) is 0.841. The molecule has 0 spiro atoms. The first-order valence-electron chi connectivity index (χ1n) is 11.0. The number of nitrogens with zero attached hydrogens (tertiary/aromatic N) is 2. The molecule has 31 heavy (non-hydrogen) atoms. The molecular weight excluding hydrogens is 392 g/mol. The Bertz CT molecular complexity index is 1190. The monoisotopic (exact) mass is 418 g/mol. The fourth-order valence-electron chi connectivity index (χ4n) is 4.99. The Hall–Kier alpha value is -3.15. The highest BCUT2D eigenvalue weighted by Gasteiger charge is 2.29. The van der Waals surface area contributed by atoms with Gasteiger partial charge < -0.3 is 14.1 Å². The second-order valence-corrected chi connectivity index (χ2v) is 8.51. The Kier molecular flexibility index (Phi) is 5.22. The first kappa shape index (κ1) is 19.8. The molecule has 2 aromatic heterocycles. The van der Waals surface area contributed by atoms with Crippen molar-refractivity contribution in [3.05, 3.63) is 69.3 Å². The molecule has 1 saturated heterocycles. The number of aromatic nitrogens is 1. The molecule has 0 N–H and O–H groups in total. The quantitative estimate of drug-likeness (QED) is 0.596. The van der Waals surface area contributed by atoms with E-state index in [2.05, 4.69) is 4.98 Å². The van der Waals surface area contributed by atoms with Crippen LogP contribution in [-0.4, -0.2) is 28.9 Å². The minimum Gasteiger partial charge on any atom is -0.483 e. The molecule has 6 nitrogen and oxygen atoms in total. The molecule has 1 aliphatic heterocycles. The van der Waals surface area contributed by atoms with Crippen LogP contribution in [0.2, 0.25) is 0 Å². The van der Waals surface area contributed by atoms with Crippen LogP contribution in [0.1, 0.15) is 54.0 Å². The Morgan fingerprint density at radius 1 is 1.23 bits per heavy atom. The maximum absolute atomic E-state index is 13.2. The fraction of sp³-hybridized carbons (Fsp3) is 0.400. The lowest BCUT2D eigenvalue weighted by molar-refractivity contribution is -0.137. The van der Waals surface area contributed by atoms with Gasteiger partial charge in [0.15, 0.2) is 6.61 Å². The van der Waals surface area contributed by atoms with E-state index >= 15 is 0 Å². The number of hydrogen-bond donors (Lipinski definition) is 0. The van der Waals surface area contributed by atoms with Crippen LogP contribution in [0.5, 0.6) is 5.75 Å². The number of hydrogen-bond acceptors (Lipinski definition) is 5. The Morgan fingerprint density at radius 3 is 2.94 bits per heavy atom. The van der Waals surface area contributed by atoms with Crippen molar-refractivity contribution in [1.29, 1.82) is 0 Å².